The Morgan fingerprint density at radius 2 is 1.70 bits per heavy atom. The highest BCUT2D eigenvalue weighted by molar-refractivity contribution is 7.89. The van der Waals surface area contributed by atoms with E-state index in [1.165, 1.54) is 6.26 Å². The second-order valence-electron chi connectivity index (χ2n) is 4.81. The van der Waals surface area contributed by atoms with Crippen LogP contribution in [0.4, 0.5) is 0 Å². The van der Waals surface area contributed by atoms with Gasteiger partial charge < -0.3 is 5.32 Å². The maximum Gasteiger partial charge on any atom is 0.151 e. The molecule has 0 aliphatic heterocycles. The third-order valence-electron chi connectivity index (χ3n) is 2.81. The Bertz CT molecular complexity index is 637. The average molecular weight is 290 g/mol. The summed E-state index contributed by atoms with van der Waals surface area (Å²) in [6, 6.07) is 13.5. The smallest absolute Gasteiger partial charge is 0.151 e. The number of rotatable bonds is 6. The van der Waals surface area contributed by atoms with Gasteiger partial charge >= 0.3 is 0 Å². The lowest BCUT2D eigenvalue weighted by atomic mass is 10.1. The summed E-state index contributed by atoms with van der Waals surface area (Å²) in [5.41, 5.74) is 2.94. The molecule has 2 aromatic rings. The maximum absolute atomic E-state index is 11.2. The quantitative estimate of drug-likeness (QED) is 0.883. The van der Waals surface area contributed by atoms with Gasteiger partial charge in [-0.1, -0.05) is 30.3 Å². The molecule has 0 saturated carbocycles. The molecule has 1 N–H and O–H groups in total. The van der Waals surface area contributed by atoms with Crippen LogP contribution in [-0.2, 0) is 28.7 Å². The lowest BCUT2D eigenvalue weighted by molar-refractivity contribution is 0.601. The molecule has 5 heteroatoms. The summed E-state index contributed by atoms with van der Waals surface area (Å²) in [5.74, 6) is 0.0919. The van der Waals surface area contributed by atoms with E-state index in [4.69, 9.17) is 0 Å². The standard InChI is InChI=1S/C15H18N2O2S/c1-20(18,19)12-14-7-5-13(6-8-14)10-16-11-15-4-2-3-9-17-15/h2-9,16H,10-12H2,1H3. The molecular formula is C15H18N2O2S. The number of benzene rings is 1. The molecule has 0 atom stereocenters. The maximum atomic E-state index is 11.2. The molecule has 0 radical (unpaired) electrons. The first-order valence-electron chi connectivity index (χ1n) is 6.39. The van der Waals surface area contributed by atoms with E-state index < -0.39 is 9.84 Å². The molecule has 0 aliphatic carbocycles. The fourth-order valence-corrected chi connectivity index (χ4v) is 2.69. The first-order chi connectivity index (χ1) is 9.53. The van der Waals surface area contributed by atoms with Crippen molar-refractivity contribution >= 4 is 9.84 Å². The van der Waals surface area contributed by atoms with Crippen molar-refractivity contribution in [1.29, 1.82) is 0 Å². The van der Waals surface area contributed by atoms with Crippen LogP contribution in [0.25, 0.3) is 0 Å². The summed E-state index contributed by atoms with van der Waals surface area (Å²) in [7, 11) is -2.97. The third-order valence-corrected chi connectivity index (χ3v) is 3.67. The van der Waals surface area contributed by atoms with E-state index in [-0.39, 0.29) is 5.75 Å². The summed E-state index contributed by atoms with van der Waals surface area (Å²) in [4.78, 5) is 4.24. The Hall–Kier alpha value is -1.72. The van der Waals surface area contributed by atoms with Gasteiger partial charge in [0.1, 0.15) is 0 Å². The van der Waals surface area contributed by atoms with Crippen molar-refractivity contribution in [1.82, 2.24) is 10.3 Å². The summed E-state index contributed by atoms with van der Waals surface area (Å²) < 4.78 is 22.4. The largest absolute Gasteiger partial charge is 0.307 e. The van der Waals surface area contributed by atoms with E-state index in [1.807, 2.05) is 42.5 Å². The first kappa shape index (κ1) is 14.7. The second kappa shape index (κ2) is 6.63. The van der Waals surface area contributed by atoms with Gasteiger partial charge in [0.2, 0.25) is 0 Å². The predicted octanol–water partition coefficient (Wildman–Crippen LogP) is 1.92. The Morgan fingerprint density at radius 1 is 1.00 bits per heavy atom. The second-order valence-corrected chi connectivity index (χ2v) is 6.95. The number of hydrogen-bond acceptors (Lipinski definition) is 4. The Kier molecular flexibility index (Phi) is 4.87. The number of sulfone groups is 1. The number of hydrogen-bond donors (Lipinski definition) is 1. The third kappa shape index (κ3) is 5.11. The molecule has 1 aromatic carbocycles. The molecule has 0 bridgehead atoms. The summed E-state index contributed by atoms with van der Waals surface area (Å²) in [6.07, 6.45) is 3.02. The number of nitrogens with zero attached hydrogens (tertiary/aromatic N) is 1. The molecule has 0 aliphatic rings. The SMILES string of the molecule is CS(=O)(=O)Cc1ccc(CNCc2ccccn2)cc1. The molecule has 2 rings (SSSR count). The lowest BCUT2D eigenvalue weighted by Crippen LogP contribution is -2.13. The molecule has 0 unspecified atom stereocenters. The van der Waals surface area contributed by atoms with E-state index >= 15 is 0 Å². The van der Waals surface area contributed by atoms with E-state index in [9.17, 15) is 8.42 Å². The monoisotopic (exact) mass is 290 g/mol. The molecule has 20 heavy (non-hydrogen) atoms. The summed E-state index contributed by atoms with van der Waals surface area (Å²) in [6.45, 7) is 1.45. The van der Waals surface area contributed by atoms with Crippen molar-refractivity contribution in [3.8, 4) is 0 Å². The zero-order valence-corrected chi connectivity index (χ0v) is 12.2. The Morgan fingerprint density at radius 3 is 2.30 bits per heavy atom. The minimum Gasteiger partial charge on any atom is -0.307 e. The van der Waals surface area contributed by atoms with Gasteiger partial charge in [-0.2, -0.15) is 0 Å². The molecular weight excluding hydrogens is 272 g/mol. The van der Waals surface area contributed by atoms with Gasteiger partial charge in [-0.3, -0.25) is 4.98 Å². The molecule has 106 valence electrons. The average Bonchev–Trinajstić information content (AvgIpc) is 2.40. The number of nitrogens with one attached hydrogen (secondary N) is 1. The van der Waals surface area contributed by atoms with Crippen molar-refractivity contribution in [3.63, 3.8) is 0 Å². The molecule has 0 fully saturated rings. The van der Waals surface area contributed by atoms with Crippen molar-refractivity contribution in [3.05, 3.63) is 65.5 Å². The van der Waals surface area contributed by atoms with Crippen molar-refractivity contribution in [2.45, 2.75) is 18.8 Å². The van der Waals surface area contributed by atoms with Crippen LogP contribution in [-0.4, -0.2) is 19.7 Å². The predicted molar refractivity (Wildman–Crippen MR) is 79.8 cm³/mol. The highest BCUT2D eigenvalue weighted by Crippen LogP contribution is 2.08. The first-order valence-corrected chi connectivity index (χ1v) is 8.45. The van der Waals surface area contributed by atoms with Gasteiger partial charge in [-0.15, -0.1) is 0 Å². The van der Waals surface area contributed by atoms with Crippen LogP contribution in [0.3, 0.4) is 0 Å². The zero-order valence-electron chi connectivity index (χ0n) is 11.4. The molecule has 0 spiro atoms. The van der Waals surface area contributed by atoms with Crippen molar-refractivity contribution < 1.29 is 8.42 Å². The van der Waals surface area contributed by atoms with Crippen LogP contribution in [0.1, 0.15) is 16.8 Å². The van der Waals surface area contributed by atoms with E-state index in [0.717, 1.165) is 23.4 Å². The molecule has 0 saturated heterocycles. The van der Waals surface area contributed by atoms with E-state index in [0.29, 0.717) is 6.54 Å². The molecule has 0 amide bonds. The molecule has 1 aromatic heterocycles. The van der Waals surface area contributed by atoms with Crippen molar-refractivity contribution in [2.24, 2.45) is 0 Å². The zero-order chi connectivity index (χ0) is 14.4. The van der Waals surface area contributed by atoms with Gasteiger partial charge in [0.05, 0.1) is 11.4 Å². The normalized spacial score (nSPS) is 11.4. The highest BCUT2D eigenvalue weighted by Gasteiger charge is 2.04. The number of aromatic nitrogens is 1. The van der Waals surface area contributed by atoms with Crippen LogP contribution in [0, 0.1) is 0 Å². The van der Waals surface area contributed by atoms with Gasteiger partial charge in [0.25, 0.3) is 0 Å². The molecule has 4 nitrogen and oxygen atoms in total. The van der Waals surface area contributed by atoms with Crippen LogP contribution in [0.2, 0.25) is 0 Å². The Labute approximate surface area is 119 Å². The fraction of sp³-hybridized carbons (Fsp3) is 0.267. The highest BCUT2D eigenvalue weighted by atomic mass is 32.2. The fourth-order valence-electron chi connectivity index (χ4n) is 1.89. The van der Waals surface area contributed by atoms with Crippen LogP contribution in [0.5, 0.6) is 0 Å². The van der Waals surface area contributed by atoms with E-state index in [1.54, 1.807) is 6.20 Å². The van der Waals surface area contributed by atoms with Gasteiger partial charge in [-0.05, 0) is 23.3 Å². The Balaban J connectivity index is 1.85. The summed E-state index contributed by atoms with van der Waals surface area (Å²) in [5, 5.41) is 3.30. The topological polar surface area (TPSA) is 59.1 Å². The lowest BCUT2D eigenvalue weighted by Gasteiger charge is -2.06. The van der Waals surface area contributed by atoms with Crippen LogP contribution >= 0.6 is 0 Å². The van der Waals surface area contributed by atoms with Crippen LogP contribution in [0.15, 0.2) is 48.7 Å². The van der Waals surface area contributed by atoms with Crippen LogP contribution < -0.4 is 5.32 Å². The minimum atomic E-state index is -2.97. The van der Waals surface area contributed by atoms with Crippen molar-refractivity contribution in [2.75, 3.05) is 6.26 Å². The van der Waals surface area contributed by atoms with Gasteiger partial charge in [0.15, 0.2) is 9.84 Å². The van der Waals surface area contributed by atoms with Gasteiger partial charge in [0, 0.05) is 25.5 Å². The van der Waals surface area contributed by atoms with E-state index in [2.05, 4.69) is 10.3 Å². The minimum absolute atomic E-state index is 0.0919. The molecule has 1 heterocycles. The van der Waals surface area contributed by atoms with Gasteiger partial charge in [-0.25, -0.2) is 8.42 Å². The number of pyridine rings is 1. The summed E-state index contributed by atoms with van der Waals surface area (Å²) >= 11 is 0.